The zero-order valence-corrected chi connectivity index (χ0v) is 11.8. The Hall–Kier alpha value is -0.830. The van der Waals surface area contributed by atoms with Gasteiger partial charge in [-0.25, -0.2) is 0 Å². The van der Waals surface area contributed by atoms with E-state index in [1.54, 1.807) is 0 Å². The van der Waals surface area contributed by atoms with Crippen molar-refractivity contribution < 1.29 is 14.6 Å². The van der Waals surface area contributed by atoms with Crippen molar-refractivity contribution in [2.75, 3.05) is 0 Å². The van der Waals surface area contributed by atoms with Crippen LogP contribution < -0.4 is 0 Å². The molecule has 0 aromatic heterocycles. The summed E-state index contributed by atoms with van der Waals surface area (Å²) >= 11 is 0. The van der Waals surface area contributed by atoms with Crippen LogP contribution in [0, 0.1) is 23.7 Å². The topological polar surface area (TPSA) is 46.5 Å². The van der Waals surface area contributed by atoms with E-state index in [9.17, 15) is 9.90 Å². The first-order chi connectivity index (χ1) is 8.29. The van der Waals surface area contributed by atoms with Gasteiger partial charge in [0.1, 0.15) is 5.60 Å². The van der Waals surface area contributed by atoms with Gasteiger partial charge in [0.15, 0.2) is 0 Å². The number of rotatable bonds is 2. The van der Waals surface area contributed by atoms with Gasteiger partial charge in [0.25, 0.3) is 0 Å². The molecule has 1 aliphatic carbocycles. The summed E-state index contributed by atoms with van der Waals surface area (Å²) in [5.41, 5.74) is 0.493. The highest BCUT2D eigenvalue weighted by molar-refractivity contribution is 5.76. The molecule has 2 fully saturated rings. The molecule has 5 atom stereocenters. The maximum atomic E-state index is 12.1. The predicted molar refractivity (Wildman–Crippen MR) is 69.9 cm³/mol. The van der Waals surface area contributed by atoms with E-state index >= 15 is 0 Å². The van der Waals surface area contributed by atoms with Gasteiger partial charge in [-0.15, -0.1) is 0 Å². The minimum atomic E-state index is -0.517. The molecule has 1 heterocycles. The molecule has 1 N–H and O–H groups in total. The maximum Gasteiger partial charge on any atom is 0.309 e. The molecule has 2 rings (SSSR count). The summed E-state index contributed by atoms with van der Waals surface area (Å²) in [5.74, 6) is 0.228. The number of aliphatic hydroxyl groups excluding tert-OH is 1. The molecule has 0 aromatic rings. The van der Waals surface area contributed by atoms with Crippen molar-refractivity contribution in [3.05, 3.63) is 12.2 Å². The van der Waals surface area contributed by atoms with Crippen LogP contribution in [0.1, 0.15) is 40.5 Å². The van der Waals surface area contributed by atoms with Crippen molar-refractivity contribution in [1.29, 1.82) is 0 Å². The van der Waals surface area contributed by atoms with Gasteiger partial charge in [-0.1, -0.05) is 32.9 Å². The summed E-state index contributed by atoms with van der Waals surface area (Å²) < 4.78 is 5.78. The standard InChI is InChI=1S/C15H24O3/c1-8(2)11-7-15(18-14(11)17)10(5)13(16)6-12(15)9(3)4/h8,10-13,16H,3,6-7H2,1-2,4-5H3/t10-,11+,12-,13?,15+/m1/s1. The van der Waals surface area contributed by atoms with E-state index < -0.39 is 11.7 Å². The number of hydrogen-bond acceptors (Lipinski definition) is 3. The number of carbonyl (C=O) groups is 1. The Morgan fingerprint density at radius 3 is 2.61 bits per heavy atom. The Morgan fingerprint density at radius 1 is 1.56 bits per heavy atom. The molecule has 18 heavy (non-hydrogen) atoms. The van der Waals surface area contributed by atoms with E-state index in [1.807, 2.05) is 13.8 Å². The van der Waals surface area contributed by atoms with Crippen LogP contribution in [0.15, 0.2) is 12.2 Å². The third kappa shape index (κ3) is 1.80. The van der Waals surface area contributed by atoms with Crippen LogP contribution in [-0.4, -0.2) is 22.8 Å². The van der Waals surface area contributed by atoms with Crippen molar-refractivity contribution >= 4 is 5.97 Å². The second-order valence-corrected chi connectivity index (χ2v) is 6.42. The highest BCUT2D eigenvalue weighted by Gasteiger charge is 2.61. The molecule has 1 spiro atoms. The smallest absolute Gasteiger partial charge is 0.309 e. The molecule has 0 radical (unpaired) electrons. The molecule has 102 valence electrons. The molecule has 0 amide bonds. The Bertz CT molecular complexity index is 374. The number of esters is 1. The average molecular weight is 252 g/mol. The van der Waals surface area contributed by atoms with Gasteiger partial charge < -0.3 is 9.84 Å². The molecule has 3 heteroatoms. The fraction of sp³-hybridized carbons (Fsp3) is 0.800. The first kappa shape index (κ1) is 13.6. The monoisotopic (exact) mass is 252 g/mol. The third-order valence-electron chi connectivity index (χ3n) is 4.95. The normalized spacial score (nSPS) is 43.8. The molecule has 1 aliphatic heterocycles. The fourth-order valence-electron chi connectivity index (χ4n) is 3.64. The molecule has 1 unspecified atom stereocenters. The van der Waals surface area contributed by atoms with E-state index in [2.05, 4.69) is 20.4 Å². The molecule has 2 aliphatic rings. The lowest BCUT2D eigenvalue weighted by molar-refractivity contribution is -0.156. The van der Waals surface area contributed by atoms with Crippen LogP contribution in [-0.2, 0) is 9.53 Å². The lowest BCUT2D eigenvalue weighted by atomic mass is 9.75. The van der Waals surface area contributed by atoms with Crippen LogP contribution in [0.2, 0.25) is 0 Å². The summed E-state index contributed by atoms with van der Waals surface area (Å²) in [4.78, 5) is 12.1. The van der Waals surface area contributed by atoms with Crippen LogP contribution in [0.4, 0.5) is 0 Å². The van der Waals surface area contributed by atoms with Gasteiger partial charge >= 0.3 is 5.97 Å². The minimum Gasteiger partial charge on any atom is -0.458 e. The second kappa shape index (κ2) is 4.37. The van der Waals surface area contributed by atoms with Crippen LogP contribution in [0.3, 0.4) is 0 Å². The third-order valence-corrected chi connectivity index (χ3v) is 4.95. The SMILES string of the molecule is C=C(C)[C@H]1CC(O)[C@@H](C)[C@@]12C[C@@H](C(C)C)C(=O)O2. The number of ether oxygens (including phenoxy) is 1. The van der Waals surface area contributed by atoms with Crippen molar-refractivity contribution in [3.8, 4) is 0 Å². The van der Waals surface area contributed by atoms with Crippen molar-refractivity contribution in [2.45, 2.75) is 52.2 Å². The Kier molecular flexibility index (Phi) is 3.30. The Balaban J connectivity index is 2.34. The zero-order chi connectivity index (χ0) is 13.7. The Morgan fingerprint density at radius 2 is 2.17 bits per heavy atom. The van der Waals surface area contributed by atoms with E-state index in [0.29, 0.717) is 6.42 Å². The van der Waals surface area contributed by atoms with Crippen LogP contribution >= 0.6 is 0 Å². The van der Waals surface area contributed by atoms with Gasteiger partial charge in [-0.2, -0.15) is 0 Å². The van der Waals surface area contributed by atoms with E-state index in [4.69, 9.17) is 4.74 Å². The Labute approximate surface area is 109 Å². The van der Waals surface area contributed by atoms with Gasteiger partial charge in [0.2, 0.25) is 0 Å². The van der Waals surface area contributed by atoms with E-state index in [-0.39, 0.29) is 29.6 Å². The summed E-state index contributed by atoms with van der Waals surface area (Å²) in [7, 11) is 0. The molecule has 1 saturated carbocycles. The predicted octanol–water partition coefficient (Wildman–Crippen LogP) is 2.54. The maximum absolute atomic E-state index is 12.1. The van der Waals surface area contributed by atoms with Gasteiger partial charge in [-0.3, -0.25) is 4.79 Å². The molecule has 1 saturated heterocycles. The quantitative estimate of drug-likeness (QED) is 0.607. The first-order valence-corrected chi connectivity index (χ1v) is 6.86. The molecular weight excluding hydrogens is 228 g/mol. The van der Waals surface area contributed by atoms with Crippen LogP contribution in [0.5, 0.6) is 0 Å². The lowest BCUT2D eigenvalue weighted by Gasteiger charge is -2.34. The zero-order valence-electron chi connectivity index (χ0n) is 11.8. The molecule has 0 bridgehead atoms. The van der Waals surface area contributed by atoms with Crippen LogP contribution in [0.25, 0.3) is 0 Å². The van der Waals surface area contributed by atoms with E-state index in [1.165, 1.54) is 0 Å². The highest BCUT2D eigenvalue weighted by atomic mass is 16.6. The number of carbonyl (C=O) groups excluding carboxylic acids is 1. The van der Waals surface area contributed by atoms with E-state index in [0.717, 1.165) is 12.0 Å². The molecular formula is C15H24O3. The van der Waals surface area contributed by atoms with Crippen molar-refractivity contribution in [1.82, 2.24) is 0 Å². The minimum absolute atomic E-state index is 0.00750. The summed E-state index contributed by atoms with van der Waals surface area (Å²) in [6, 6.07) is 0. The molecule has 0 aromatic carbocycles. The van der Waals surface area contributed by atoms with Crippen molar-refractivity contribution in [3.63, 3.8) is 0 Å². The number of hydrogen-bond donors (Lipinski definition) is 1. The largest absolute Gasteiger partial charge is 0.458 e. The average Bonchev–Trinajstić information content (AvgIpc) is 2.73. The molecule has 3 nitrogen and oxygen atoms in total. The fourth-order valence-corrected chi connectivity index (χ4v) is 3.64. The summed E-state index contributed by atoms with van der Waals surface area (Å²) in [6.45, 7) is 12.1. The van der Waals surface area contributed by atoms with Gasteiger partial charge in [0.05, 0.1) is 12.0 Å². The number of aliphatic hydroxyl groups is 1. The summed E-state index contributed by atoms with van der Waals surface area (Å²) in [5, 5.41) is 10.1. The summed E-state index contributed by atoms with van der Waals surface area (Å²) in [6.07, 6.45) is 0.985. The van der Waals surface area contributed by atoms with Gasteiger partial charge in [-0.05, 0) is 19.3 Å². The van der Waals surface area contributed by atoms with Crippen molar-refractivity contribution in [2.24, 2.45) is 23.7 Å². The van der Waals surface area contributed by atoms with Gasteiger partial charge in [0, 0.05) is 18.3 Å². The highest BCUT2D eigenvalue weighted by Crippen LogP contribution is 2.54. The first-order valence-electron chi connectivity index (χ1n) is 6.86. The second-order valence-electron chi connectivity index (χ2n) is 6.42. The lowest BCUT2D eigenvalue weighted by Crippen LogP contribution is -2.40.